The van der Waals surface area contributed by atoms with Gasteiger partial charge in [0.1, 0.15) is 11.4 Å². The van der Waals surface area contributed by atoms with E-state index in [1.54, 1.807) is 26.4 Å². The smallest absolute Gasteiger partial charge is 0.408 e. The van der Waals surface area contributed by atoms with Crippen molar-refractivity contribution in [2.75, 3.05) is 27.9 Å². The van der Waals surface area contributed by atoms with E-state index in [0.717, 1.165) is 44.9 Å². The van der Waals surface area contributed by atoms with E-state index >= 15 is 0 Å². The number of aromatic nitrogens is 2. The molecule has 216 valence electrons. The summed E-state index contributed by atoms with van der Waals surface area (Å²) in [5.41, 5.74) is 0.808. The van der Waals surface area contributed by atoms with Gasteiger partial charge < -0.3 is 24.3 Å². The first kappa shape index (κ1) is 30.5. The number of rotatable bonds is 8. The minimum atomic E-state index is -0.552. The lowest BCUT2D eigenvalue weighted by atomic mass is 9.75. The monoisotopic (exact) mass is 547 g/mol. The van der Waals surface area contributed by atoms with Crippen LogP contribution in [0.5, 0.6) is 5.88 Å². The zero-order valence-corrected chi connectivity index (χ0v) is 24.0. The van der Waals surface area contributed by atoms with Crippen molar-refractivity contribution in [2.45, 2.75) is 83.3 Å². The summed E-state index contributed by atoms with van der Waals surface area (Å²) >= 11 is 0. The maximum atomic E-state index is 14.6. The second-order valence-electron chi connectivity index (χ2n) is 11.4. The number of aryl methyl sites for hydroxylation is 1. The fourth-order valence-corrected chi connectivity index (χ4v) is 4.88. The van der Waals surface area contributed by atoms with E-state index in [1.165, 1.54) is 13.3 Å². The summed E-state index contributed by atoms with van der Waals surface area (Å²) in [6.45, 7) is 5.98. The van der Waals surface area contributed by atoms with E-state index < -0.39 is 17.2 Å². The molecule has 0 atom stereocenters. The highest BCUT2D eigenvalue weighted by Crippen LogP contribution is 2.36. The molecule has 0 saturated heterocycles. The Morgan fingerprint density at radius 2 is 1.79 bits per heavy atom. The number of nitrogens with one attached hydrogen (secondary N) is 1. The summed E-state index contributed by atoms with van der Waals surface area (Å²) in [4.78, 5) is 31.3. The number of fused-ring (bicyclic) bond motifs is 1. The fraction of sp³-hybridized carbons (Fsp3) is 0.655. The molecule has 1 amide bonds. The molecule has 10 heteroatoms. The average molecular weight is 548 g/mol. The van der Waals surface area contributed by atoms with Gasteiger partial charge in [-0.15, -0.1) is 0 Å². The predicted octanol–water partition coefficient (Wildman–Crippen LogP) is 5.38. The molecule has 2 aliphatic carbocycles. The number of hydrogen-bond donors (Lipinski definition) is 1. The Morgan fingerprint density at radius 1 is 1.10 bits per heavy atom. The summed E-state index contributed by atoms with van der Waals surface area (Å²) < 4.78 is 35.1. The SMILES string of the molecule is COC(=O)C1CC1.COCC1(NC(=O)OC(C)(C)C)CCC(CCc2c(F)cnc3ccc(OC)nc23)CC1. The Morgan fingerprint density at radius 3 is 2.33 bits per heavy atom. The minimum Gasteiger partial charge on any atom is -0.481 e. The van der Waals surface area contributed by atoms with E-state index in [1.807, 2.05) is 20.8 Å². The van der Waals surface area contributed by atoms with Gasteiger partial charge in [0, 0.05) is 18.7 Å². The van der Waals surface area contributed by atoms with E-state index in [0.29, 0.717) is 41.4 Å². The van der Waals surface area contributed by atoms with Crippen LogP contribution < -0.4 is 10.1 Å². The van der Waals surface area contributed by atoms with Crippen LogP contribution in [0.2, 0.25) is 0 Å². The molecule has 1 N–H and O–H groups in total. The number of pyridine rings is 2. The van der Waals surface area contributed by atoms with E-state index in [-0.39, 0.29) is 17.7 Å². The van der Waals surface area contributed by atoms with E-state index in [9.17, 15) is 14.0 Å². The Labute approximate surface area is 230 Å². The summed E-state index contributed by atoms with van der Waals surface area (Å²) in [5, 5.41) is 3.05. The maximum Gasteiger partial charge on any atom is 0.408 e. The molecule has 0 bridgehead atoms. The zero-order valence-electron chi connectivity index (χ0n) is 24.0. The van der Waals surface area contributed by atoms with Crippen LogP contribution in [-0.4, -0.2) is 61.1 Å². The highest BCUT2D eigenvalue weighted by molar-refractivity contribution is 5.78. The second kappa shape index (κ2) is 13.4. The van der Waals surface area contributed by atoms with Crippen LogP contribution >= 0.6 is 0 Å². The van der Waals surface area contributed by atoms with Crippen molar-refractivity contribution in [1.82, 2.24) is 15.3 Å². The van der Waals surface area contributed by atoms with Crippen LogP contribution in [-0.2, 0) is 25.4 Å². The van der Waals surface area contributed by atoms with E-state index in [2.05, 4.69) is 20.0 Å². The zero-order chi connectivity index (χ0) is 28.6. The lowest BCUT2D eigenvalue weighted by molar-refractivity contribution is -0.142. The topological polar surface area (TPSA) is 109 Å². The third kappa shape index (κ3) is 9.02. The number of carbonyl (C=O) groups excluding carboxylic acids is 2. The molecule has 0 aromatic carbocycles. The molecular weight excluding hydrogens is 505 g/mol. The van der Waals surface area contributed by atoms with Crippen LogP contribution in [0, 0.1) is 17.7 Å². The molecule has 2 aromatic rings. The third-order valence-electron chi connectivity index (χ3n) is 7.11. The highest BCUT2D eigenvalue weighted by Gasteiger charge is 2.38. The van der Waals surface area contributed by atoms with Gasteiger partial charge in [0.05, 0.1) is 49.5 Å². The predicted molar refractivity (Wildman–Crippen MR) is 145 cm³/mol. The normalized spacial score (nSPS) is 20.9. The lowest BCUT2D eigenvalue weighted by Crippen LogP contribution is -2.54. The van der Waals surface area contributed by atoms with Crippen LogP contribution in [0.4, 0.5) is 9.18 Å². The molecule has 2 heterocycles. The van der Waals surface area contributed by atoms with Gasteiger partial charge >= 0.3 is 12.1 Å². The molecular formula is C29H42FN3O6. The second-order valence-corrected chi connectivity index (χ2v) is 11.4. The fourth-order valence-electron chi connectivity index (χ4n) is 4.88. The molecule has 4 rings (SSSR count). The molecule has 2 aromatic heterocycles. The van der Waals surface area contributed by atoms with Gasteiger partial charge in [-0.05, 0) is 84.1 Å². The maximum absolute atomic E-state index is 14.6. The molecule has 0 radical (unpaired) electrons. The minimum absolute atomic E-state index is 0.0417. The van der Waals surface area contributed by atoms with Crippen LogP contribution in [0.3, 0.4) is 0 Å². The van der Waals surface area contributed by atoms with Gasteiger partial charge in [0.2, 0.25) is 5.88 Å². The molecule has 39 heavy (non-hydrogen) atoms. The van der Waals surface area contributed by atoms with Crippen LogP contribution in [0.25, 0.3) is 11.0 Å². The average Bonchev–Trinajstić information content (AvgIpc) is 3.73. The summed E-state index contributed by atoms with van der Waals surface area (Å²) in [5.74, 6) is 0.745. The Bertz CT molecular complexity index is 1120. The number of alkyl carbamates (subject to hydrolysis) is 1. The summed E-state index contributed by atoms with van der Waals surface area (Å²) in [7, 11) is 4.62. The Balaban J connectivity index is 0.000000520. The Kier molecular flexibility index (Phi) is 10.5. The van der Waals surface area contributed by atoms with Crippen molar-refractivity contribution in [3.63, 3.8) is 0 Å². The highest BCUT2D eigenvalue weighted by atomic mass is 19.1. The Hall–Kier alpha value is -3.01. The largest absolute Gasteiger partial charge is 0.481 e. The van der Waals surface area contributed by atoms with Crippen molar-refractivity contribution in [3.8, 4) is 5.88 Å². The molecule has 0 unspecified atom stereocenters. The molecule has 0 spiro atoms. The van der Waals surface area contributed by atoms with Crippen LogP contribution in [0.1, 0.15) is 71.3 Å². The first-order valence-corrected chi connectivity index (χ1v) is 13.5. The van der Waals surface area contributed by atoms with Gasteiger partial charge in [-0.1, -0.05) is 0 Å². The number of halogens is 1. The number of ether oxygens (including phenoxy) is 4. The standard InChI is InChI=1S/C24H34FN3O4.C5H8O2/c1-23(2,3)32-22(29)28-24(15-30-4)12-10-16(11-13-24)6-7-17-18(25)14-26-19-8-9-20(31-5)27-21(17)19;1-7-5(6)4-2-3-4/h8-9,14,16H,6-7,10-13,15H2,1-5H3,(H,28,29);4H,2-3H2,1H3. The van der Waals surface area contributed by atoms with Gasteiger partial charge in [-0.25, -0.2) is 14.2 Å². The van der Waals surface area contributed by atoms with Gasteiger partial charge in [-0.2, -0.15) is 0 Å². The summed E-state index contributed by atoms with van der Waals surface area (Å²) in [6.07, 6.45) is 7.74. The third-order valence-corrected chi connectivity index (χ3v) is 7.11. The number of hydrogen-bond acceptors (Lipinski definition) is 8. The molecule has 2 saturated carbocycles. The lowest BCUT2D eigenvalue weighted by Gasteiger charge is -2.40. The van der Waals surface area contributed by atoms with Gasteiger partial charge in [-0.3, -0.25) is 9.78 Å². The van der Waals surface area contributed by atoms with Crippen molar-refractivity contribution in [3.05, 3.63) is 29.7 Å². The first-order chi connectivity index (χ1) is 18.5. The van der Waals surface area contributed by atoms with Gasteiger partial charge in [0.25, 0.3) is 0 Å². The van der Waals surface area contributed by atoms with Crippen molar-refractivity contribution < 1.29 is 32.9 Å². The van der Waals surface area contributed by atoms with Gasteiger partial charge in [0.15, 0.2) is 0 Å². The molecule has 2 fully saturated rings. The number of methoxy groups -OCH3 is 3. The van der Waals surface area contributed by atoms with Crippen molar-refractivity contribution >= 4 is 23.1 Å². The number of esters is 1. The summed E-state index contributed by atoms with van der Waals surface area (Å²) in [6, 6.07) is 3.53. The van der Waals surface area contributed by atoms with Crippen LogP contribution in [0.15, 0.2) is 18.3 Å². The number of nitrogens with zero attached hydrogens (tertiary/aromatic N) is 2. The number of carbonyl (C=O) groups is 2. The van der Waals surface area contributed by atoms with Crippen molar-refractivity contribution in [1.29, 1.82) is 0 Å². The van der Waals surface area contributed by atoms with Crippen molar-refractivity contribution in [2.24, 2.45) is 11.8 Å². The molecule has 0 aliphatic heterocycles. The van der Waals surface area contributed by atoms with E-state index in [4.69, 9.17) is 14.2 Å². The molecule has 9 nitrogen and oxygen atoms in total. The quantitative estimate of drug-likeness (QED) is 0.439. The number of amides is 1. The molecule has 2 aliphatic rings. The first-order valence-electron chi connectivity index (χ1n) is 13.5.